The van der Waals surface area contributed by atoms with Crippen LogP contribution in [-0.4, -0.2) is 61.5 Å². The maximum absolute atomic E-state index is 13.4. The van der Waals surface area contributed by atoms with Crippen molar-refractivity contribution in [3.8, 4) is 0 Å². The fourth-order valence-electron chi connectivity index (χ4n) is 6.57. The van der Waals surface area contributed by atoms with Crippen molar-refractivity contribution in [1.82, 2.24) is 15.2 Å². The lowest BCUT2D eigenvalue weighted by atomic mass is 9.68. The number of alkyl carbamates (subject to hydrolysis) is 1. The van der Waals surface area contributed by atoms with Gasteiger partial charge in [-0.15, -0.1) is 0 Å². The predicted molar refractivity (Wildman–Crippen MR) is 126 cm³/mol. The second-order valence-electron chi connectivity index (χ2n) is 10.5. The van der Waals surface area contributed by atoms with Crippen molar-refractivity contribution < 1.29 is 27.4 Å². The summed E-state index contributed by atoms with van der Waals surface area (Å²) < 4.78 is 50.5. The van der Waals surface area contributed by atoms with Gasteiger partial charge in [-0.2, -0.15) is 13.2 Å². The number of rotatable bonds is 4. The van der Waals surface area contributed by atoms with Gasteiger partial charge in [-0.3, -0.25) is 0 Å². The second kappa shape index (κ2) is 9.32. The van der Waals surface area contributed by atoms with Gasteiger partial charge in [0, 0.05) is 48.4 Å². The van der Waals surface area contributed by atoms with Gasteiger partial charge in [0.2, 0.25) is 0 Å². The molecule has 0 saturated carbocycles. The van der Waals surface area contributed by atoms with Crippen LogP contribution in [0.25, 0.3) is 10.9 Å². The number of alkyl halides is 3. The number of amides is 1. The van der Waals surface area contributed by atoms with Crippen molar-refractivity contribution in [1.29, 1.82) is 0 Å². The molecule has 0 spiro atoms. The number of carbonyl (C=O) groups is 1. The molecule has 2 fully saturated rings. The summed E-state index contributed by atoms with van der Waals surface area (Å²) in [5.41, 5.74) is 2.04. The molecular weight excluding hydrogens is 459 g/mol. The molecule has 0 radical (unpaired) electrons. The summed E-state index contributed by atoms with van der Waals surface area (Å²) in [6.45, 7) is 6.18. The van der Waals surface area contributed by atoms with Crippen LogP contribution in [0.5, 0.6) is 0 Å². The molecule has 0 unspecified atom stereocenters. The Morgan fingerprint density at radius 1 is 1.31 bits per heavy atom. The number of methoxy groups -OCH3 is 1. The van der Waals surface area contributed by atoms with Gasteiger partial charge < -0.3 is 24.7 Å². The Balaban J connectivity index is 1.32. The number of carbonyl (C=O) groups excluding carboxylic acids is 1. The largest absolute Gasteiger partial charge is 0.453 e. The number of H-pyrrole nitrogens is 1. The van der Waals surface area contributed by atoms with Crippen molar-refractivity contribution in [2.75, 3.05) is 40.0 Å². The Kier molecular flexibility index (Phi) is 6.50. The molecule has 35 heavy (non-hydrogen) atoms. The van der Waals surface area contributed by atoms with Gasteiger partial charge in [0.15, 0.2) is 0 Å². The summed E-state index contributed by atoms with van der Waals surface area (Å²) in [7, 11) is 1.38. The summed E-state index contributed by atoms with van der Waals surface area (Å²) in [4.78, 5) is 17.9. The molecule has 9 heteroatoms. The smallest absolute Gasteiger partial charge is 0.416 e. The van der Waals surface area contributed by atoms with Crippen LogP contribution < -0.4 is 5.32 Å². The van der Waals surface area contributed by atoms with Crippen molar-refractivity contribution in [2.24, 2.45) is 11.8 Å². The van der Waals surface area contributed by atoms with Crippen LogP contribution in [0.15, 0.2) is 18.2 Å². The van der Waals surface area contributed by atoms with E-state index in [4.69, 9.17) is 9.47 Å². The molecule has 1 aromatic carbocycles. The zero-order valence-corrected chi connectivity index (χ0v) is 20.3. The molecule has 2 aliphatic heterocycles. The highest BCUT2D eigenvalue weighted by molar-refractivity contribution is 5.86. The minimum atomic E-state index is -4.35. The van der Waals surface area contributed by atoms with Crippen LogP contribution in [0.1, 0.15) is 55.3 Å². The van der Waals surface area contributed by atoms with E-state index in [-0.39, 0.29) is 11.5 Å². The maximum atomic E-state index is 13.4. The number of hydrogen-bond acceptors (Lipinski definition) is 4. The quantitative estimate of drug-likeness (QED) is 0.624. The summed E-state index contributed by atoms with van der Waals surface area (Å²) in [6.07, 6.45) is -0.449. The van der Waals surface area contributed by atoms with Gasteiger partial charge in [0.1, 0.15) is 0 Å². The lowest BCUT2D eigenvalue weighted by Crippen LogP contribution is -2.54. The lowest BCUT2D eigenvalue weighted by Gasteiger charge is -2.46. The molecule has 1 amide bonds. The van der Waals surface area contributed by atoms with Crippen LogP contribution in [0.3, 0.4) is 0 Å². The number of aromatic nitrogens is 1. The SMILES string of the molecule is COC(=O)NC1(CCN2CC[C@@H]3Cc4[nH]c5ccc(C(F)(F)F)cc5c4[C@H](C)[C@H]3C2)CCOCC1. The molecule has 5 rings (SSSR count). The lowest BCUT2D eigenvalue weighted by molar-refractivity contribution is -0.137. The van der Waals surface area contributed by atoms with E-state index in [1.165, 1.54) is 13.2 Å². The number of benzene rings is 1. The Bertz CT molecular complexity index is 1080. The summed E-state index contributed by atoms with van der Waals surface area (Å²) in [5, 5.41) is 3.78. The van der Waals surface area contributed by atoms with E-state index >= 15 is 0 Å². The van der Waals surface area contributed by atoms with E-state index in [9.17, 15) is 18.0 Å². The predicted octanol–water partition coefficient (Wildman–Crippen LogP) is 5.08. The van der Waals surface area contributed by atoms with Crippen LogP contribution in [0, 0.1) is 11.8 Å². The van der Waals surface area contributed by atoms with E-state index < -0.39 is 17.8 Å². The first-order valence-electron chi connectivity index (χ1n) is 12.6. The molecule has 2 aromatic rings. The Labute approximate surface area is 203 Å². The minimum Gasteiger partial charge on any atom is -0.453 e. The molecule has 192 valence electrons. The van der Waals surface area contributed by atoms with Gasteiger partial charge in [0.25, 0.3) is 0 Å². The van der Waals surface area contributed by atoms with Crippen molar-refractivity contribution in [3.63, 3.8) is 0 Å². The molecule has 3 aliphatic rings. The number of nitrogens with zero attached hydrogens (tertiary/aromatic N) is 1. The third-order valence-corrected chi connectivity index (χ3v) is 8.61. The summed E-state index contributed by atoms with van der Waals surface area (Å²) in [5.74, 6) is 1.09. The third-order valence-electron chi connectivity index (χ3n) is 8.61. The Morgan fingerprint density at radius 2 is 2.09 bits per heavy atom. The highest BCUT2D eigenvalue weighted by atomic mass is 19.4. The van der Waals surface area contributed by atoms with Crippen molar-refractivity contribution in [3.05, 3.63) is 35.0 Å². The van der Waals surface area contributed by atoms with Gasteiger partial charge >= 0.3 is 12.3 Å². The second-order valence-corrected chi connectivity index (χ2v) is 10.5. The average molecular weight is 494 g/mol. The standard InChI is InChI=1S/C26H34F3N3O3/c1-16-20-15-32(10-6-25(31-24(33)34-2)7-11-35-12-8-25)9-5-17(20)13-22-23(16)19-14-18(26(27,28)29)3-4-21(19)30-22/h3-4,14,16-17,20,30H,5-13,15H2,1-2H3,(H,31,33)/t16-,17-,20-/m1/s1. The molecule has 6 nitrogen and oxygen atoms in total. The molecule has 1 aromatic heterocycles. The van der Waals surface area contributed by atoms with Crippen molar-refractivity contribution in [2.45, 2.75) is 56.7 Å². The normalized spacial score (nSPS) is 26.7. The monoisotopic (exact) mass is 493 g/mol. The van der Waals surface area contributed by atoms with E-state index in [0.29, 0.717) is 30.4 Å². The van der Waals surface area contributed by atoms with Gasteiger partial charge in [-0.25, -0.2) is 4.79 Å². The molecule has 3 atom stereocenters. The van der Waals surface area contributed by atoms with Crippen LogP contribution in [-0.2, 0) is 22.1 Å². The fourth-order valence-corrected chi connectivity index (χ4v) is 6.57. The zero-order valence-electron chi connectivity index (χ0n) is 20.3. The first-order chi connectivity index (χ1) is 16.7. The van der Waals surface area contributed by atoms with Gasteiger partial charge in [-0.1, -0.05) is 6.92 Å². The first kappa shape index (κ1) is 24.4. The van der Waals surface area contributed by atoms with Crippen LogP contribution in [0.2, 0.25) is 0 Å². The number of hydrogen-bond donors (Lipinski definition) is 2. The minimum absolute atomic E-state index is 0.175. The number of fused-ring (bicyclic) bond motifs is 4. The maximum Gasteiger partial charge on any atom is 0.416 e. The van der Waals surface area contributed by atoms with Gasteiger partial charge in [-0.05, 0) is 80.2 Å². The number of piperidine rings is 1. The highest BCUT2D eigenvalue weighted by Crippen LogP contribution is 2.47. The van der Waals surface area contributed by atoms with Gasteiger partial charge in [0.05, 0.1) is 12.7 Å². The zero-order chi connectivity index (χ0) is 24.8. The molecule has 1 aliphatic carbocycles. The third kappa shape index (κ3) is 4.77. The Hall–Kier alpha value is -2.26. The van der Waals surface area contributed by atoms with E-state index in [0.717, 1.165) is 74.6 Å². The number of aromatic amines is 1. The Morgan fingerprint density at radius 3 is 2.80 bits per heavy atom. The molecular formula is C26H34F3N3O3. The molecule has 3 heterocycles. The molecule has 2 N–H and O–H groups in total. The number of halogens is 3. The average Bonchev–Trinajstić information content (AvgIpc) is 3.21. The molecule has 2 saturated heterocycles. The topological polar surface area (TPSA) is 66.6 Å². The highest BCUT2D eigenvalue weighted by Gasteiger charge is 2.41. The van der Waals surface area contributed by atoms with E-state index in [1.807, 2.05) is 0 Å². The number of likely N-dealkylation sites (tertiary alicyclic amines) is 1. The first-order valence-corrected chi connectivity index (χ1v) is 12.6. The summed E-state index contributed by atoms with van der Waals surface area (Å²) in [6, 6.07) is 4.05. The number of nitrogens with one attached hydrogen (secondary N) is 2. The van der Waals surface area contributed by atoms with Crippen LogP contribution in [0.4, 0.5) is 18.0 Å². The van der Waals surface area contributed by atoms with E-state index in [2.05, 4.69) is 22.1 Å². The number of ether oxygens (including phenoxy) is 2. The van der Waals surface area contributed by atoms with Crippen LogP contribution >= 0.6 is 0 Å². The fraction of sp³-hybridized carbons (Fsp3) is 0.654. The van der Waals surface area contributed by atoms with E-state index in [1.54, 1.807) is 6.07 Å². The molecule has 0 bridgehead atoms. The summed E-state index contributed by atoms with van der Waals surface area (Å²) >= 11 is 0. The van der Waals surface area contributed by atoms with Crippen molar-refractivity contribution >= 4 is 17.0 Å².